The number of aliphatic hydroxyl groups is 1. The first kappa shape index (κ1) is 17.1. The fourth-order valence-electron chi connectivity index (χ4n) is 1.82. The van der Waals surface area contributed by atoms with E-state index in [2.05, 4.69) is 5.10 Å². The van der Waals surface area contributed by atoms with Crippen LogP contribution >= 0.6 is 0 Å². The number of rotatable bonds is 7. The summed E-state index contributed by atoms with van der Waals surface area (Å²) in [5.74, 6) is -0.179. The van der Waals surface area contributed by atoms with Crippen LogP contribution in [0.2, 0.25) is 0 Å². The van der Waals surface area contributed by atoms with E-state index >= 15 is 0 Å². The van der Waals surface area contributed by atoms with E-state index in [1.807, 2.05) is 0 Å². The Bertz CT molecular complexity index is 677. The van der Waals surface area contributed by atoms with Crippen molar-refractivity contribution in [3.63, 3.8) is 0 Å². The Morgan fingerprint density at radius 1 is 1.26 bits per heavy atom. The maximum absolute atomic E-state index is 12.0. The van der Waals surface area contributed by atoms with Crippen molar-refractivity contribution in [2.75, 3.05) is 13.2 Å². The molecule has 0 aliphatic carbocycles. The van der Waals surface area contributed by atoms with Gasteiger partial charge in [-0.2, -0.15) is 17.9 Å². The molecule has 0 aliphatic rings. The van der Waals surface area contributed by atoms with E-state index in [1.54, 1.807) is 24.3 Å². The number of nitrogens with zero attached hydrogens (tertiary/aromatic N) is 2. The second kappa shape index (κ2) is 7.32. The third kappa shape index (κ3) is 5.13. The molecule has 0 fully saturated rings. The molecule has 6 nitrogen and oxygen atoms in total. The molecule has 1 aromatic carbocycles. The Morgan fingerprint density at radius 2 is 1.96 bits per heavy atom. The van der Waals surface area contributed by atoms with Crippen molar-refractivity contribution in [3.05, 3.63) is 34.8 Å². The summed E-state index contributed by atoms with van der Waals surface area (Å²) in [6.45, 7) is -0.252. The van der Waals surface area contributed by atoms with Gasteiger partial charge < -0.3 is 14.3 Å². The summed E-state index contributed by atoms with van der Waals surface area (Å²) < 4.78 is 47.1. The molecule has 0 radical (unpaired) electrons. The van der Waals surface area contributed by atoms with Gasteiger partial charge in [0.15, 0.2) is 0 Å². The Labute approximate surface area is 129 Å². The number of hydrogen-bond donors (Lipinski definition) is 1. The first-order chi connectivity index (χ1) is 10.9. The molecule has 1 N–H and O–H groups in total. The van der Waals surface area contributed by atoms with E-state index in [9.17, 15) is 18.0 Å². The molecular formula is C14H15F3N2O4. The monoisotopic (exact) mass is 332 g/mol. The van der Waals surface area contributed by atoms with Crippen LogP contribution < -0.4 is 10.5 Å². The van der Waals surface area contributed by atoms with Crippen molar-refractivity contribution in [1.29, 1.82) is 0 Å². The summed E-state index contributed by atoms with van der Waals surface area (Å²) >= 11 is 0. The second-order valence-electron chi connectivity index (χ2n) is 4.71. The molecule has 0 saturated heterocycles. The van der Waals surface area contributed by atoms with Gasteiger partial charge in [-0.15, -0.1) is 5.10 Å². The Hall–Kier alpha value is -2.29. The van der Waals surface area contributed by atoms with Gasteiger partial charge >= 0.3 is 11.9 Å². The Morgan fingerprint density at radius 3 is 2.57 bits per heavy atom. The van der Waals surface area contributed by atoms with E-state index in [1.165, 1.54) is 0 Å². The summed E-state index contributed by atoms with van der Waals surface area (Å²) in [7, 11) is 0. The van der Waals surface area contributed by atoms with Crippen LogP contribution in [0.1, 0.15) is 12.8 Å². The molecule has 23 heavy (non-hydrogen) atoms. The lowest BCUT2D eigenvalue weighted by Gasteiger charge is -2.08. The highest BCUT2D eigenvalue weighted by Crippen LogP contribution is 2.23. The number of ether oxygens (including phenoxy) is 1. The van der Waals surface area contributed by atoms with Gasteiger partial charge in [0.1, 0.15) is 5.75 Å². The van der Waals surface area contributed by atoms with Crippen LogP contribution in [0.4, 0.5) is 13.2 Å². The summed E-state index contributed by atoms with van der Waals surface area (Å²) in [6, 6.07) is 6.25. The highest BCUT2D eigenvalue weighted by molar-refractivity contribution is 5.53. The fraction of sp³-hybridized carbons (Fsp3) is 0.429. The van der Waals surface area contributed by atoms with Gasteiger partial charge in [0.05, 0.1) is 19.8 Å². The highest BCUT2D eigenvalue weighted by atomic mass is 19.4. The number of aromatic nitrogens is 2. The standard InChI is InChI=1S/C14H15F3N2O4/c15-14(16,17)6-1-9-22-11-4-2-10(3-5-11)12-18-19(7-8-20)13(21)23-12/h2-5,20H,1,6-9H2. The molecule has 0 saturated carbocycles. The lowest BCUT2D eigenvalue weighted by atomic mass is 10.2. The minimum atomic E-state index is -4.18. The van der Waals surface area contributed by atoms with Gasteiger partial charge in [-0.25, -0.2) is 4.79 Å². The molecule has 0 bridgehead atoms. The summed E-state index contributed by atoms with van der Waals surface area (Å²) in [4.78, 5) is 11.4. The van der Waals surface area contributed by atoms with Gasteiger partial charge in [-0.3, -0.25) is 0 Å². The quantitative estimate of drug-likeness (QED) is 0.787. The van der Waals surface area contributed by atoms with Crippen molar-refractivity contribution in [2.24, 2.45) is 0 Å². The largest absolute Gasteiger partial charge is 0.494 e. The summed E-state index contributed by atoms with van der Waals surface area (Å²) in [5, 5.41) is 12.7. The first-order valence-electron chi connectivity index (χ1n) is 6.88. The van der Waals surface area contributed by atoms with E-state index in [4.69, 9.17) is 14.3 Å². The highest BCUT2D eigenvalue weighted by Gasteiger charge is 2.26. The fourth-order valence-corrected chi connectivity index (χ4v) is 1.82. The van der Waals surface area contributed by atoms with Crippen molar-refractivity contribution in [3.8, 4) is 17.2 Å². The van der Waals surface area contributed by atoms with Crippen molar-refractivity contribution in [1.82, 2.24) is 9.78 Å². The van der Waals surface area contributed by atoms with Crippen LogP contribution in [0.25, 0.3) is 11.5 Å². The van der Waals surface area contributed by atoms with Gasteiger partial charge in [-0.1, -0.05) is 0 Å². The molecule has 1 heterocycles. The molecule has 9 heteroatoms. The average molecular weight is 332 g/mol. The van der Waals surface area contributed by atoms with Crippen molar-refractivity contribution in [2.45, 2.75) is 25.6 Å². The Kier molecular flexibility index (Phi) is 5.43. The summed E-state index contributed by atoms with van der Waals surface area (Å²) in [5.41, 5.74) is 0.515. The maximum atomic E-state index is 12.0. The van der Waals surface area contributed by atoms with Gasteiger partial charge in [-0.05, 0) is 30.7 Å². The predicted molar refractivity (Wildman–Crippen MR) is 74.1 cm³/mol. The van der Waals surface area contributed by atoms with Crippen LogP contribution in [0.3, 0.4) is 0 Å². The van der Waals surface area contributed by atoms with Crippen LogP contribution in [0, 0.1) is 0 Å². The zero-order valence-electron chi connectivity index (χ0n) is 12.0. The molecule has 1 aromatic heterocycles. The molecule has 126 valence electrons. The number of hydrogen-bond acceptors (Lipinski definition) is 5. The minimum absolute atomic E-state index is 0.0305. The molecule has 0 atom stereocenters. The van der Waals surface area contributed by atoms with Gasteiger partial charge in [0.25, 0.3) is 0 Å². The minimum Gasteiger partial charge on any atom is -0.494 e. The van der Waals surface area contributed by atoms with E-state index < -0.39 is 18.4 Å². The van der Waals surface area contributed by atoms with Gasteiger partial charge in [0, 0.05) is 12.0 Å². The van der Waals surface area contributed by atoms with Crippen molar-refractivity contribution < 1.29 is 27.4 Å². The molecule has 2 aromatic rings. The van der Waals surface area contributed by atoms with Crippen molar-refractivity contribution >= 4 is 0 Å². The zero-order valence-corrected chi connectivity index (χ0v) is 12.0. The molecular weight excluding hydrogens is 317 g/mol. The number of aliphatic hydroxyl groups excluding tert-OH is 1. The van der Waals surface area contributed by atoms with Crippen LogP contribution in [-0.4, -0.2) is 34.3 Å². The molecule has 0 amide bonds. The third-order valence-corrected chi connectivity index (χ3v) is 2.89. The molecule has 0 aliphatic heterocycles. The van der Waals surface area contributed by atoms with Gasteiger partial charge in [0.2, 0.25) is 5.89 Å². The zero-order chi connectivity index (χ0) is 16.9. The van der Waals surface area contributed by atoms with Crippen LogP contribution in [0.15, 0.2) is 33.5 Å². The van der Waals surface area contributed by atoms with E-state index in [0.717, 1.165) is 4.68 Å². The third-order valence-electron chi connectivity index (χ3n) is 2.89. The van der Waals surface area contributed by atoms with Crippen LogP contribution in [0.5, 0.6) is 5.75 Å². The number of alkyl halides is 3. The molecule has 0 spiro atoms. The topological polar surface area (TPSA) is 77.5 Å². The lowest BCUT2D eigenvalue weighted by Crippen LogP contribution is -2.17. The Balaban J connectivity index is 1.94. The summed E-state index contributed by atoms with van der Waals surface area (Å²) in [6.07, 6.45) is -5.19. The smallest absolute Gasteiger partial charge is 0.437 e. The number of benzene rings is 1. The SMILES string of the molecule is O=c1oc(-c2ccc(OCCCC(F)(F)F)cc2)nn1CCO. The predicted octanol–water partition coefficient (Wildman–Crippen LogP) is 2.22. The van der Waals surface area contributed by atoms with Crippen LogP contribution in [-0.2, 0) is 6.54 Å². The molecule has 0 unspecified atom stereocenters. The normalized spacial score (nSPS) is 11.7. The number of halogens is 3. The first-order valence-corrected chi connectivity index (χ1v) is 6.88. The van der Waals surface area contributed by atoms with E-state index in [-0.39, 0.29) is 32.1 Å². The van der Waals surface area contributed by atoms with E-state index in [0.29, 0.717) is 11.3 Å². The second-order valence-corrected chi connectivity index (χ2v) is 4.71. The molecule has 2 rings (SSSR count). The average Bonchev–Trinajstić information content (AvgIpc) is 2.85. The maximum Gasteiger partial charge on any atom is 0.437 e. The lowest BCUT2D eigenvalue weighted by molar-refractivity contribution is -0.136.